The van der Waals surface area contributed by atoms with Crippen molar-refractivity contribution < 1.29 is 26.0 Å². The van der Waals surface area contributed by atoms with Gasteiger partial charge in [0.2, 0.25) is 10.0 Å². The zero-order chi connectivity index (χ0) is 27.5. The molecule has 0 aliphatic heterocycles. The van der Waals surface area contributed by atoms with E-state index in [2.05, 4.69) is 9.97 Å². The lowest BCUT2D eigenvalue weighted by atomic mass is 10.1. The molecule has 0 unspecified atom stereocenters. The normalized spacial score (nSPS) is 12.2. The Bertz CT molecular complexity index is 1700. The molecular formula is C26H25ClFN3O5S2. The lowest BCUT2D eigenvalue weighted by molar-refractivity contribution is 0.463. The monoisotopic (exact) mass is 577 g/mol. The van der Waals surface area contributed by atoms with Crippen molar-refractivity contribution in [2.45, 2.75) is 17.7 Å². The van der Waals surface area contributed by atoms with E-state index in [0.29, 0.717) is 34.5 Å². The third-order valence-corrected chi connectivity index (χ3v) is 9.33. The standard InChI is InChI=1S/C26H25ClFN3O5S2/c1-31(37(2,32)33)13-3-4-14-38(34,35)20-8-5-7-18(15-20)36-19-11-12-24(28)22(16-19)25-21-9-6-10-23(27)26(21)30-17-29-25/h5-12,15-17H,3-4,13-14H2,1-2H3. The minimum absolute atomic E-state index is 0.0743. The van der Waals surface area contributed by atoms with Crippen LogP contribution in [0.1, 0.15) is 12.8 Å². The molecule has 1 heterocycles. The molecule has 12 heteroatoms. The first-order chi connectivity index (χ1) is 18.0. The van der Waals surface area contributed by atoms with Crippen molar-refractivity contribution >= 4 is 42.4 Å². The molecule has 38 heavy (non-hydrogen) atoms. The number of fused-ring (bicyclic) bond motifs is 1. The molecule has 0 atom stereocenters. The van der Waals surface area contributed by atoms with Gasteiger partial charge >= 0.3 is 0 Å². The van der Waals surface area contributed by atoms with Gasteiger partial charge in [0.25, 0.3) is 0 Å². The molecule has 0 radical (unpaired) electrons. The molecule has 0 spiro atoms. The number of benzene rings is 3. The molecule has 0 amide bonds. The second-order valence-electron chi connectivity index (χ2n) is 8.69. The zero-order valence-corrected chi connectivity index (χ0v) is 23.0. The Kier molecular flexibility index (Phi) is 8.31. The number of hydrogen-bond donors (Lipinski definition) is 0. The molecule has 0 aliphatic carbocycles. The van der Waals surface area contributed by atoms with Crippen molar-refractivity contribution in [3.8, 4) is 22.8 Å². The summed E-state index contributed by atoms with van der Waals surface area (Å²) in [6.07, 6.45) is 3.11. The van der Waals surface area contributed by atoms with E-state index in [1.807, 2.05) is 0 Å². The molecule has 4 aromatic rings. The van der Waals surface area contributed by atoms with Gasteiger partial charge < -0.3 is 4.74 Å². The van der Waals surface area contributed by atoms with Crippen LogP contribution in [0.25, 0.3) is 22.2 Å². The first-order valence-electron chi connectivity index (χ1n) is 11.6. The van der Waals surface area contributed by atoms with E-state index >= 15 is 0 Å². The number of para-hydroxylation sites is 1. The maximum Gasteiger partial charge on any atom is 0.210 e. The number of hydrogen-bond acceptors (Lipinski definition) is 7. The van der Waals surface area contributed by atoms with Crippen LogP contribution in [0.2, 0.25) is 5.02 Å². The Hall–Kier alpha value is -3.12. The average Bonchev–Trinajstić information content (AvgIpc) is 2.87. The molecule has 0 N–H and O–H groups in total. The fourth-order valence-electron chi connectivity index (χ4n) is 3.79. The number of sulfone groups is 1. The Morgan fingerprint density at radius 3 is 2.45 bits per heavy atom. The minimum atomic E-state index is -3.63. The summed E-state index contributed by atoms with van der Waals surface area (Å²) >= 11 is 6.23. The molecule has 8 nitrogen and oxygen atoms in total. The SMILES string of the molecule is CN(CCCCS(=O)(=O)c1cccc(Oc2ccc(F)c(-c3ncnc4c(Cl)cccc34)c2)c1)S(C)(=O)=O. The molecular weight excluding hydrogens is 553 g/mol. The molecule has 4 rings (SSSR count). The summed E-state index contributed by atoms with van der Waals surface area (Å²) in [6, 6.07) is 15.4. The largest absolute Gasteiger partial charge is 0.457 e. The van der Waals surface area contributed by atoms with Crippen LogP contribution in [0.15, 0.2) is 71.9 Å². The molecule has 0 bridgehead atoms. The van der Waals surface area contributed by atoms with E-state index in [1.165, 1.54) is 48.0 Å². The van der Waals surface area contributed by atoms with Gasteiger partial charge in [0, 0.05) is 24.5 Å². The summed E-state index contributed by atoms with van der Waals surface area (Å²) in [5.41, 5.74) is 1.02. The first kappa shape index (κ1) is 27.9. The maximum atomic E-state index is 14.8. The van der Waals surface area contributed by atoms with Crippen LogP contribution >= 0.6 is 11.6 Å². The van der Waals surface area contributed by atoms with E-state index in [4.69, 9.17) is 16.3 Å². The maximum absolute atomic E-state index is 14.8. The van der Waals surface area contributed by atoms with Crippen LogP contribution < -0.4 is 4.74 Å². The summed E-state index contributed by atoms with van der Waals surface area (Å²) in [5, 5.41) is 0.992. The van der Waals surface area contributed by atoms with Crippen LogP contribution in [0.5, 0.6) is 11.5 Å². The van der Waals surface area contributed by atoms with E-state index < -0.39 is 25.7 Å². The number of rotatable bonds is 10. The topological polar surface area (TPSA) is 107 Å². The number of halogens is 2. The molecule has 1 aromatic heterocycles. The highest BCUT2D eigenvalue weighted by molar-refractivity contribution is 7.91. The predicted molar refractivity (Wildman–Crippen MR) is 145 cm³/mol. The first-order valence-corrected chi connectivity index (χ1v) is 15.4. The number of ether oxygens (including phenoxy) is 1. The highest BCUT2D eigenvalue weighted by atomic mass is 35.5. The highest BCUT2D eigenvalue weighted by Gasteiger charge is 2.18. The smallest absolute Gasteiger partial charge is 0.210 e. The molecule has 0 saturated heterocycles. The molecule has 200 valence electrons. The second-order valence-corrected chi connectivity index (χ2v) is 13.3. The Morgan fingerprint density at radius 1 is 0.947 bits per heavy atom. The van der Waals surface area contributed by atoms with Crippen LogP contribution in [0.3, 0.4) is 0 Å². The fraction of sp³-hybridized carbons (Fsp3) is 0.231. The van der Waals surface area contributed by atoms with Crippen LogP contribution in [0.4, 0.5) is 4.39 Å². The van der Waals surface area contributed by atoms with Crippen molar-refractivity contribution in [2.75, 3.05) is 25.6 Å². The van der Waals surface area contributed by atoms with E-state index in [1.54, 1.807) is 30.3 Å². The Morgan fingerprint density at radius 2 is 1.68 bits per heavy atom. The number of aromatic nitrogens is 2. The fourth-order valence-corrected chi connectivity index (χ4v) is 5.88. The lowest BCUT2D eigenvalue weighted by Gasteiger charge is -2.13. The lowest BCUT2D eigenvalue weighted by Crippen LogP contribution is -2.26. The summed E-state index contributed by atoms with van der Waals surface area (Å²) in [4.78, 5) is 8.51. The molecule has 3 aromatic carbocycles. The second kappa shape index (κ2) is 11.3. The van der Waals surface area contributed by atoms with Gasteiger partial charge in [0.1, 0.15) is 23.6 Å². The quantitative estimate of drug-likeness (QED) is 0.235. The average molecular weight is 578 g/mol. The van der Waals surface area contributed by atoms with E-state index in [-0.39, 0.29) is 34.3 Å². The Labute approximate surface area is 226 Å². The van der Waals surface area contributed by atoms with Gasteiger partial charge in [-0.3, -0.25) is 0 Å². The van der Waals surface area contributed by atoms with Gasteiger partial charge in [-0.05, 0) is 55.3 Å². The number of sulfonamides is 1. The predicted octanol–water partition coefficient (Wildman–Crippen LogP) is 5.33. The summed E-state index contributed by atoms with van der Waals surface area (Å²) < 4.78 is 70.6. The van der Waals surface area contributed by atoms with Crippen molar-refractivity contribution in [3.63, 3.8) is 0 Å². The van der Waals surface area contributed by atoms with Crippen molar-refractivity contribution in [2.24, 2.45) is 0 Å². The molecule has 0 aliphatic rings. The van der Waals surface area contributed by atoms with Crippen LogP contribution in [0, 0.1) is 5.82 Å². The van der Waals surface area contributed by atoms with E-state index in [9.17, 15) is 21.2 Å². The van der Waals surface area contributed by atoms with Gasteiger partial charge in [-0.1, -0.05) is 29.8 Å². The Balaban J connectivity index is 1.53. The summed E-state index contributed by atoms with van der Waals surface area (Å²) in [5.74, 6) is -0.113. The number of unbranched alkanes of at least 4 members (excludes halogenated alkanes) is 1. The van der Waals surface area contributed by atoms with Gasteiger partial charge in [-0.2, -0.15) is 0 Å². The van der Waals surface area contributed by atoms with Crippen molar-refractivity contribution in [1.29, 1.82) is 0 Å². The van der Waals surface area contributed by atoms with Gasteiger partial charge in [0.15, 0.2) is 9.84 Å². The van der Waals surface area contributed by atoms with E-state index in [0.717, 1.165) is 6.26 Å². The third-order valence-electron chi connectivity index (χ3n) is 5.91. The van der Waals surface area contributed by atoms with Gasteiger partial charge in [0.05, 0.1) is 33.1 Å². The number of nitrogens with zero attached hydrogens (tertiary/aromatic N) is 3. The third kappa shape index (κ3) is 6.47. The van der Waals surface area contributed by atoms with Gasteiger partial charge in [-0.15, -0.1) is 0 Å². The highest BCUT2D eigenvalue weighted by Crippen LogP contribution is 2.34. The van der Waals surface area contributed by atoms with Crippen molar-refractivity contribution in [1.82, 2.24) is 14.3 Å². The summed E-state index contributed by atoms with van der Waals surface area (Å²) in [6.45, 7) is 0.234. The molecule has 0 fully saturated rings. The van der Waals surface area contributed by atoms with Crippen molar-refractivity contribution in [3.05, 3.63) is 77.8 Å². The minimum Gasteiger partial charge on any atom is -0.457 e. The van der Waals surface area contributed by atoms with Gasteiger partial charge in [-0.25, -0.2) is 35.5 Å². The molecule has 0 saturated carbocycles. The zero-order valence-electron chi connectivity index (χ0n) is 20.6. The van der Waals surface area contributed by atoms with Crippen LogP contribution in [-0.2, 0) is 19.9 Å². The summed E-state index contributed by atoms with van der Waals surface area (Å²) in [7, 11) is -5.49. The van der Waals surface area contributed by atoms with Crippen LogP contribution in [-0.4, -0.2) is 56.7 Å².